The normalized spacial score (nSPS) is 12.0. The predicted octanol–water partition coefficient (Wildman–Crippen LogP) is 13.1. The molecule has 0 unspecified atom stereocenters. The molecular formula is C42H24ClN3S2. The van der Waals surface area contributed by atoms with Gasteiger partial charge in [0.1, 0.15) is 0 Å². The second kappa shape index (κ2) is 10.3. The van der Waals surface area contributed by atoms with Crippen LogP contribution in [0.5, 0.6) is 0 Å². The van der Waals surface area contributed by atoms with Gasteiger partial charge in [-0.25, -0.2) is 9.97 Å². The minimum Gasteiger partial charge on any atom is -0.308 e. The molecule has 0 saturated carbocycles. The van der Waals surface area contributed by atoms with Crippen LogP contribution >= 0.6 is 34.3 Å². The fourth-order valence-corrected chi connectivity index (χ4v) is 9.93. The molecule has 0 amide bonds. The van der Waals surface area contributed by atoms with Crippen LogP contribution in [-0.4, -0.2) is 14.5 Å². The first-order chi connectivity index (χ1) is 23.6. The Hall–Kier alpha value is -5.33. The van der Waals surface area contributed by atoms with E-state index in [9.17, 15) is 0 Å². The molecule has 4 heterocycles. The van der Waals surface area contributed by atoms with E-state index in [0.29, 0.717) is 0 Å². The van der Waals surface area contributed by atoms with Gasteiger partial charge in [-0.3, -0.25) is 0 Å². The molecule has 0 saturated heterocycles. The molecule has 0 aliphatic rings. The van der Waals surface area contributed by atoms with E-state index in [-0.39, 0.29) is 5.28 Å². The van der Waals surface area contributed by atoms with E-state index >= 15 is 0 Å². The summed E-state index contributed by atoms with van der Waals surface area (Å²) in [6.07, 6.45) is 3.83. The van der Waals surface area contributed by atoms with E-state index in [2.05, 4.69) is 126 Å². The molecule has 6 aromatic carbocycles. The van der Waals surface area contributed by atoms with Crippen LogP contribution in [0, 0.1) is 0 Å². The summed E-state index contributed by atoms with van der Waals surface area (Å²) < 4.78 is 7.18. The largest absolute Gasteiger partial charge is 0.308 e. The van der Waals surface area contributed by atoms with Crippen LogP contribution in [0.4, 0.5) is 0 Å². The topological polar surface area (TPSA) is 30.7 Å². The van der Waals surface area contributed by atoms with E-state index in [1.54, 1.807) is 11.3 Å². The third-order valence-electron chi connectivity index (χ3n) is 9.40. The molecule has 226 valence electrons. The van der Waals surface area contributed by atoms with Crippen LogP contribution in [0.15, 0.2) is 122 Å². The van der Waals surface area contributed by atoms with Crippen molar-refractivity contribution >= 4 is 119 Å². The minimum absolute atomic E-state index is 0.235. The van der Waals surface area contributed by atoms with Gasteiger partial charge in [0, 0.05) is 57.7 Å². The smallest absolute Gasteiger partial charge is 0.223 e. The Kier molecular flexibility index (Phi) is 5.97. The van der Waals surface area contributed by atoms with Crippen LogP contribution in [0.1, 0.15) is 11.1 Å². The molecule has 0 bridgehead atoms. The van der Waals surface area contributed by atoms with Crippen molar-refractivity contribution in [1.82, 2.24) is 14.5 Å². The molecule has 10 rings (SSSR count). The summed E-state index contributed by atoms with van der Waals surface area (Å²) in [6.45, 7) is 8.30. The number of aromatic nitrogens is 3. The summed E-state index contributed by atoms with van der Waals surface area (Å²) in [4.78, 5) is 9.53. The van der Waals surface area contributed by atoms with Crippen molar-refractivity contribution in [3.8, 4) is 16.9 Å². The Balaban J connectivity index is 1.40. The summed E-state index contributed by atoms with van der Waals surface area (Å²) in [5.41, 5.74) is 8.10. The highest BCUT2D eigenvalue weighted by molar-refractivity contribution is 7.27. The van der Waals surface area contributed by atoms with Gasteiger partial charge in [-0.1, -0.05) is 92.0 Å². The monoisotopic (exact) mass is 669 g/mol. The SMILES string of the molecule is C=Cc1cc(-c2nc(Cl)nc3c2sc2ccccc23)cc(-n2c3ccc(C=C)cc3c3c4ccccc4c4sc5ccccc5c4c32)c1. The standard InChI is InChI=1S/C42H24ClN3S2/c1-3-23-17-18-32-31(21-23)35-27-11-5-6-12-28(27)40-36(29-13-7-9-15-33(29)47-40)39(35)46(32)26-20-24(4-2)19-25(22-26)37-41-38(45-42(43)44-37)30-14-8-10-16-34(30)48-41/h3-22H,1-2H2. The maximum Gasteiger partial charge on any atom is 0.223 e. The van der Waals surface area contributed by atoms with Gasteiger partial charge in [0.2, 0.25) is 5.28 Å². The number of thiophene rings is 2. The van der Waals surface area contributed by atoms with Crippen LogP contribution in [0.2, 0.25) is 5.28 Å². The van der Waals surface area contributed by atoms with Crippen molar-refractivity contribution in [3.05, 3.63) is 139 Å². The average Bonchev–Trinajstić information content (AvgIpc) is 3.81. The van der Waals surface area contributed by atoms with Crippen molar-refractivity contribution < 1.29 is 0 Å². The Bertz CT molecular complexity index is 3020. The van der Waals surface area contributed by atoms with Crippen molar-refractivity contribution in [2.75, 3.05) is 0 Å². The fourth-order valence-electron chi connectivity index (χ4n) is 7.36. The number of hydrogen-bond donors (Lipinski definition) is 0. The maximum absolute atomic E-state index is 6.64. The Morgan fingerprint density at radius 2 is 1.29 bits per heavy atom. The average molecular weight is 670 g/mol. The third kappa shape index (κ3) is 3.87. The predicted molar refractivity (Wildman–Crippen MR) is 210 cm³/mol. The molecule has 4 aromatic heterocycles. The first-order valence-electron chi connectivity index (χ1n) is 15.7. The molecule has 6 heteroatoms. The number of benzene rings is 6. The van der Waals surface area contributed by atoms with Crippen LogP contribution in [-0.2, 0) is 0 Å². The molecular weight excluding hydrogens is 646 g/mol. The zero-order valence-corrected chi connectivity index (χ0v) is 27.9. The van der Waals surface area contributed by atoms with Crippen LogP contribution in [0.25, 0.3) is 102 Å². The summed E-state index contributed by atoms with van der Waals surface area (Å²) >= 11 is 10.2. The number of hydrogen-bond acceptors (Lipinski definition) is 4. The Morgan fingerprint density at radius 3 is 2.08 bits per heavy atom. The third-order valence-corrected chi connectivity index (χ3v) is 11.9. The molecule has 0 aliphatic carbocycles. The quantitative estimate of drug-likeness (QED) is 0.175. The summed E-state index contributed by atoms with van der Waals surface area (Å²) in [5, 5.41) is 8.79. The lowest BCUT2D eigenvalue weighted by atomic mass is 9.99. The molecule has 0 N–H and O–H groups in total. The molecule has 3 nitrogen and oxygen atoms in total. The number of fused-ring (bicyclic) bond motifs is 13. The highest BCUT2D eigenvalue weighted by Gasteiger charge is 2.23. The fraction of sp³-hybridized carbons (Fsp3) is 0. The van der Waals surface area contributed by atoms with Crippen molar-refractivity contribution in [2.24, 2.45) is 0 Å². The van der Waals surface area contributed by atoms with Crippen LogP contribution < -0.4 is 0 Å². The van der Waals surface area contributed by atoms with E-state index in [1.807, 2.05) is 29.6 Å². The zero-order valence-electron chi connectivity index (χ0n) is 25.5. The molecule has 0 aliphatic heterocycles. The lowest BCUT2D eigenvalue weighted by Crippen LogP contribution is -1.97. The lowest BCUT2D eigenvalue weighted by Gasteiger charge is -2.14. The van der Waals surface area contributed by atoms with Crippen molar-refractivity contribution in [3.63, 3.8) is 0 Å². The van der Waals surface area contributed by atoms with Gasteiger partial charge in [0.05, 0.1) is 26.9 Å². The first kappa shape index (κ1) is 27.8. The van der Waals surface area contributed by atoms with Gasteiger partial charge >= 0.3 is 0 Å². The van der Waals surface area contributed by atoms with E-state index < -0.39 is 0 Å². The van der Waals surface area contributed by atoms with Gasteiger partial charge in [0.25, 0.3) is 0 Å². The number of rotatable bonds is 4. The molecule has 0 spiro atoms. The summed E-state index contributed by atoms with van der Waals surface area (Å²) in [6, 6.07) is 39.2. The van der Waals surface area contributed by atoms with E-state index in [1.165, 1.54) is 47.2 Å². The summed E-state index contributed by atoms with van der Waals surface area (Å²) in [7, 11) is 0. The minimum atomic E-state index is 0.235. The molecule has 10 aromatic rings. The van der Waals surface area contributed by atoms with Gasteiger partial charge in [-0.15, -0.1) is 22.7 Å². The zero-order chi connectivity index (χ0) is 32.1. The van der Waals surface area contributed by atoms with Gasteiger partial charge < -0.3 is 4.57 Å². The number of nitrogens with zero attached hydrogens (tertiary/aromatic N) is 3. The molecule has 0 atom stereocenters. The lowest BCUT2D eigenvalue weighted by molar-refractivity contribution is 1.18. The maximum atomic E-state index is 6.64. The second-order valence-corrected chi connectivity index (χ2v) is 14.5. The summed E-state index contributed by atoms with van der Waals surface area (Å²) in [5.74, 6) is 0. The highest BCUT2D eigenvalue weighted by atomic mass is 35.5. The van der Waals surface area contributed by atoms with Crippen molar-refractivity contribution in [2.45, 2.75) is 0 Å². The van der Waals surface area contributed by atoms with Crippen molar-refractivity contribution in [1.29, 1.82) is 0 Å². The molecule has 48 heavy (non-hydrogen) atoms. The highest BCUT2D eigenvalue weighted by Crippen LogP contribution is 2.48. The second-order valence-electron chi connectivity index (χ2n) is 12.0. The molecule has 0 fully saturated rings. The van der Waals surface area contributed by atoms with Gasteiger partial charge in [-0.2, -0.15) is 0 Å². The first-order valence-corrected chi connectivity index (χ1v) is 17.7. The van der Waals surface area contributed by atoms with E-state index in [4.69, 9.17) is 16.6 Å². The number of halogens is 1. The molecule has 0 radical (unpaired) electrons. The van der Waals surface area contributed by atoms with Gasteiger partial charge in [0.15, 0.2) is 0 Å². The Morgan fingerprint density at radius 1 is 0.604 bits per heavy atom. The van der Waals surface area contributed by atoms with Gasteiger partial charge in [-0.05, 0) is 70.6 Å². The Labute approximate surface area is 288 Å². The van der Waals surface area contributed by atoms with Crippen LogP contribution in [0.3, 0.4) is 0 Å². The van der Waals surface area contributed by atoms with E-state index in [0.717, 1.165) is 53.9 Å².